The van der Waals surface area contributed by atoms with Crippen LogP contribution >= 0.6 is 0 Å². The zero-order valence-electron chi connectivity index (χ0n) is 27.4. The lowest BCUT2D eigenvalue weighted by Crippen LogP contribution is -2.35. The zero-order chi connectivity index (χ0) is 32.9. The van der Waals surface area contributed by atoms with Crippen LogP contribution in [0.4, 0.5) is 4.79 Å². The van der Waals surface area contributed by atoms with Gasteiger partial charge in [-0.15, -0.1) is 0 Å². The van der Waals surface area contributed by atoms with E-state index in [1.807, 2.05) is 56.3 Å². The second kappa shape index (κ2) is 14.2. The van der Waals surface area contributed by atoms with Crippen molar-refractivity contribution in [2.45, 2.75) is 65.5 Å². The van der Waals surface area contributed by atoms with Gasteiger partial charge in [0.05, 0.1) is 33.1 Å². The van der Waals surface area contributed by atoms with Gasteiger partial charge in [-0.05, 0) is 62.3 Å². The normalized spacial score (nSPS) is 13.9. The van der Waals surface area contributed by atoms with Crippen molar-refractivity contribution in [3.63, 3.8) is 0 Å². The second-order valence-corrected chi connectivity index (χ2v) is 12.3. The van der Waals surface area contributed by atoms with Crippen LogP contribution in [0.3, 0.4) is 0 Å². The predicted octanol–water partition coefficient (Wildman–Crippen LogP) is 6.38. The van der Waals surface area contributed by atoms with E-state index in [0.29, 0.717) is 54.4 Å². The highest BCUT2D eigenvalue weighted by molar-refractivity contribution is 5.95. The van der Waals surface area contributed by atoms with Crippen molar-refractivity contribution in [2.24, 2.45) is 5.92 Å². The maximum Gasteiger partial charge on any atom is 0.514 e. The number of nitrogens with zero attached hydrogens (tertiary/aromatic N) is 1. The van der Waals surface area contributed by atoms with Crippen molar-refractivity contribution in [2.75, 3.05) is 34.5 Å². The van der Waals surface area contributed by atoms with Crippen molar-refractivity contribution in [1.82, 2.24) is 4.57 Å². The van der Waals surface area contributed by atoms with E-state index in [1.54, 1.807) is 39.6 Å². The number of methoxy groups -OCH3 is 3. The van der Waals surface area contributed by atoms with Gasteiger partial charge in [0.25, 0.3) is 5.56 Å². The van der Waals surface area contributed by atoms with Gasteiger partial charge >= 0.3 is 12.1 Å². The minimum atomic E-state index is -1.03. The predicted molar refractivity (Wildman–Crippen MR) is 170 cm³/mol. The SMILES string of the molecule is COCCCOc1cc2c(cc1OC)-c1c(c(OC(=O)OC(C)(C)C)c(C(=O)OC)c(=O)n1Cc1ccccc1)C(C(C)C)C2. The van der Waals surface area contributed by atoms with Crippen LogP contribution in [0.25, 0.3) is 11.3 Å². The van der Waals surface area contributed by atoms with E-state index in [0.717, 1.165) is 11.1 Å². The Morgan fingerprint density at radius 2 is 1.71 bits per heavy atom. The molecule has 0 fully saturated rings. The average molecular weight is 622 g/mol. The number of fused-ring (bicyclic) bond motifs is 3. The molecule has 0 saturated heterocycles. The molecule has 0 saturated carbocycles. The van der Waals surface area contributed by atoms with Crippen molar-refractivity contribution in [3.05, 3.63) is 75.1 Å². The molecule has 1 atom stereocenters. The number of carbonyl (C=O) groups is 2. The van der Waals surface area contributed by atoms with Crippen LogP contribution in [-0.2, 0) is 27.2 Å². The van der Waals surface area contributed by atoms with Crippen LogP contribution in [0.1, 0.15) is 74.0 Å². The molecule has 1 unspecified atom stereocenters. The fourth-order valence-corrected chi connectivity index (χ4v) is 5.57. The molecular weight excluding hydrogens is 578 g/mol. The lowest BCUT2D eigenvalue weighted by Gasteiger charge is -2.35. The Morgan fingerprint density at radius 1 is 1.00 bits per heavy atom. The average Bonchev–Trinajstić information content (AvgIpc) is 2.99. The first-order valence-corrected chi connectivity index (χ1v) is 15.1. The Balaban J connectivity index is 2.07. The van der Waals surface area contributed by atoms with Crippen LogP contribution in [0.15, 0.2) is 47.3 Å². The van der Waals surface area contributed by atoms with E-state index in [9.17, 15) is 14.4 Å². The molecule has 0 amide bonds. The largest absolute Gasteiger partial charge is 0.514 e. The van der Waals surface area contributed by atoms with E-state index in [4.69, 9.17) is 28.4 Å². The molecule has 4 rings (SSSR count). The molecule has 242 valence electrons. The van der Waals surface area contributed by atoms with Crippen molar-refractivity contribution >= 4 is 12.1 Å². The quantitative estimate of drug-likeness (QED) is 0.178. The molecule has 2 aromatic carbocycles. The van der Waals surface area contributed by atoms with Crippen molar-refractivity contribution in [3.8, 4) is 28.5 Å². The first-order valence-electron chi connectivity index (χ1n) is 15.1. The lowest BCUT2D eigenvalue weighted by atomic mass is 9.74. The number of hydrogen-bond donors (Lipinski definition) is 0. The molecule has 10 heteroatoms. The second-order valence-electron chi connectivity index (χ2n) is 12.3. The van der Waals surface area contributed by atoms with Gasteiger partial charge in [-0.3, -0.25) is 4.79 Å². The molecule has 0 radical (unpaired) electrons. The van der Waals surface area contributed by atoms with Crippen LogP contribution in [0, 0.1) is 5.92 Å². The van der Waals surface area contributed by atoms with E-state index >= 15 is 0 Å². The Hall–Kier alpha value is -4.31. The summed E-state index contributed by atoms with van der Waals surface area (Å²) in [6, 6.07) is 13.3. The van der Waals surface area contributed by atoms with Gasteiger partial charge in [0.1, 0.15) is 5.60 Å². The van der Waals surface area contributed by atoms with Gasteiger partial charge in [-0.25, -0.2) is 9.59 Å². The van der Waals surface area contributed by atoms with E-state index in [1.165, 1.54) is 7.11 Å². The number of ether oxygens (including phenoxy) is 6. The number of aromatic nitrogens is 1. The molecule has 0 bridgehead atoms. The summed E-state index contributed by atoms with van der Waals surface area (Å²) in [5.74, 6) is -0.250. The Bertz CT molecular complexity index is 1590. The van der Waals surface area contributed by atoms with Gasteiger partial charge in [0, 0.05) is 31.3 Å². The highest BCUT2D eigenvalue weighted by Crippen LogP contribution is 2.50. The fraction of sp³-hybridized carbons (Fsp3) is 0.457. The van der Waals surface area contributed by atoms with Gasteiger partial charge in [-0.2, -0.15) is 0 Å². The summed E-state index contributed by atoms with van der Waals surface area (Å²) in [5.41, 5.74) is 1.67. The van der Waals surface area contributed by atoms with Crippen LogP contribution in [0.2, 0.25) is 0 Å². The maximum absolute atomic E-state index is 14.4. The molecule has 1 heterocycles. The maximum atomic E-state index is 14.4. The highest BCUT2D eigenvalue weighted by Gasteiger charge is 2.39. The van der Waals surface area contributed by atoms with Gasteiger partial charge in [-0.1, -0.05) is 44.2 Å². The topological polar surface area (TPSA) is 112 Å². The van der Waals surface area contributed by atoms with Gasteiger partial charge < -0.3 is 33.0 Å². The van der Waals surface area contributed by atoms with Crippen LogP contribution < -0.4 is 19.8 Å². The first kappa shape index (κ1) is 33.6. The van der Waals surface area contributed by atoms with Crippen LogP contribution in [0.5, 0.6) is 17.2 Å². The third kappa shape index (κ3) is 7.50. The number of benzene rings is 2. The fourth-order valence-electron chi connectivity index (χ4n) is 5.57. The molecule has 1 aromatic heterocycles. The summed E-state index contributed by atoms with van der Waals surface area (Å²) in [6.07, 6.45) is 0.195. The molecule has 45 heavy (non-hydrogen) atoms. The number of pyridine rings is 1. The summed E-state index contributed by atoms with van der Waals surface area (Å²) < 4.78 is 35.0. The number of rotatable bonds is 11. The number of hydrogen-bond acceptors (Lipinski definition) is 9. The van der Waals surface area contributed by atoms with E-state index in [2.05, 4.69) is 0 Å². The van der Waals surface area contributed by atoms with Crippen molar-refractivity contribution < 1.29 is 38.0 Å². The van der Waals surface area contributed by atoms with E-state index in [-0.39, 0.29) is 29.7 Å². The summed E-state index contributed by atoms with van der Waals surface area (Å²) >= 11 is 0. The summed E-state index contributed by atoms with van der Waals surface area (Å²) in [7, 11) is 4.39. The van der Waals surface area contributed by atoms with E-state index < -0.39 is 23.3 Å². The monoisotopic (exact) mass is 621 g/mol. The highest BCUT2D eigenvalue weighted by atomic mass is 16.7. The summed E-state index contributed by atoms with van der Waals surface area (Å²) in [4.78, 5) is 40.8. The Labute approximate surface area is 264 Å². The summed E-state index contributed by atoms with van der Waals surface area (Å²) in [5, 5.41) is 0. The number of carbonyl (C=O) groups excluding carboxylic acids is 2. The minimum absolute atomic E-state index is 0.0132. The third-order valence-electron chi connectivity index (χ3n) is 7.61. The molecule has 1 aliphatic carbocycles. The molecular formula is C35H43NO9. The van der Waals surface area contributed by atoms with Crippen LogP contribution in [-0.4, -0.2) is 56.8 Å². The zero-order valence-corrected chi connectivity index (χ0v) is 27.4. The Kier molecular flexibility index (Phi) is 10.6. The first-order chi connectivity index (χ1) is 21.4. The molecule has 0 spiro atoms. The standard InChI is InChI=1S/C35H43NO9/c1-21(2)24-17-23-18-27(43-16-12-15-40-6)26(41-7)19-25(23)30-28(24)31(44-34(39)45-35(3,4)5)29(33(38)42-8)32(37)36(30)20-22-13-10-9-11-14-22/h9-11,13-14,18-19,21,24H,12,15-17,20H2,1-8H3. The molecule has 10 nitrogen and oxygen atoms in total. The van der Waals surface area contributed by atoms with Gasteiger partial charge in [0.15, 0.2) is 22.8 Å². The minimum Gasteiger partial charge on any atom is -0.493 e. The Morgan fingerprint density at radius 3 is 2.31 bits per heavy atom. The smallest absolute Gasteiger partial charge is 0.493 e. The van der Waals surface area contributed by atoms with Crippen molar-refractivity contribution in [1.29, 1.82) is 0 Å². The molecule has 1 aliphatic rings. The molecule has 3 aromatic rings. The lowest BCUT2D eigenvalue weighted by molar-refractivity contribution is 0.0199. The number of esters is 1. The molecule has 0 aliphatic heterocycles. The summed E-state index contributed by atoms with van der Waals surface area (Å²) in [6.45, 7) is 10.4. The van der Waals surface area contributed by atoms with Gasteiger partial charge in [0.2, 0.25) is 0 Å². The molecule has 0 N–H and O–H groups in total. The third-order valence-corrected chi connectivity index (χ3v) is 7.61.